The molecule has 0 fully saturated rings. The molecule has 1 N–H and O–H groups in total. The van der Waals surface area contributed by atoms with Gasteiger partial charge in [-0.15, -0.1) is 0 Å². The van der Waals surface area contributed by atoms with Crippen molar-refractivity contribution in [2.24, 2.45) is 0 Å². The van der Waals surface area contributed by atoms with E-state index in [1.54, 1.807) is 0 Å². The van der Waals surface area contributed by atoms with Gasteiger partial charge in [-0.1, -0.05) is 36.4 Å². The van der Waals surface area contributed by atoms with E-state index in [4.69, 9.17) is 4.74 Å². The Morgan fingerprint density at radius 3 is 2.57 bits per heavy atom. The molecule has 0 aromatic heterocycles. The molecule has 2 aromatic carbocycles. The summed E-state index contributed by atoms with van der Waals surface area (Å²) in [4.78, 5) is 11.6. The Labute approximate surface area is 126 Å². The van der Waals surface area contributed by atoms with E-state index < -0.39 is 5.60 Å². The summed E-state index contributed by atoms with van der Waals surface area (Å²) >= 11 is 0. The highest BCUT2D eigenvalue weighted by Gasteiger charge is 2.15. The number of benzene rings is 2. The highest BCUT2D eigenvalue weighted by Crippen LogP contribution is 2.22. The lowest BCUT2D eigenvalue weighted by molar-refractivity contribution is -0.154. The fourth-order valence-corrected chi connectivity index (χ4v) is 2.23. The van der Waals surface area contributed by atoms with E-state index in [9.17, 15) is 4.79 Å². The van der Waals surface area contributed by atoms with Gasteiger partial charge in [0.2, 0.25) is 0 Å². The van der Waals surface area contributed by atoms with Gasteiger partial charge >= 0.3 is 5.97 Å². The quantitative estimate of drug-likeness (QED) is 0.654. The summed E-state index contributed by atoms with van der Waals surface area (Å²) in [7, 11) is 0. The van der Waals surface area contributed by atoms with Gasteiger partial charge in [0.05, 0.1) is 0 Å². The third-order valence-corrected chi connectivity index (χ3v) is 3.08. The van der Waals surface area contributed by atoms with Crippen LogP contribution in [0.1, 0.15) is 33.6 Å². The number of nitrogens with one attached hydrogen (secondary N) is 1. The predicted molar refractivity (Wildman–Crippen MR) is 87.5 cm³/mol. The first-order valence-corrected chi connectivity index (χ1v) is 7.39. The Hall–Kier alpha value is -2.03. The number of hydrogen-bond donors (Lipinski definition) is 1. The van der Waals surface area contributed by atoms with Gasteiger partial charge in [0.1, 0.15) is 5.60 Å². The molecule has 0 spiro atoms. The predicted octanol–water partition coefficient (Wildman–Crippen LogP) is 4.37. The second-order valence-corrected chi connectivity index (χ2v) is 6.14. The number of carbonyl (C=O) groups is 1. The van der Waals surface area contributed by atoms with E-state index in [2.05, 4.69) is 29.6 Å². The fourth-order valence-electron chi connectivity index (χ4n) is 2.23. The first-order chi connectivity index (χ1) is 9.96. The molecule has 0 bridgehead atoms. The molecule has 0 heterocycles. The van der Waals surface area contributed by atoms with Crippen LogP contribution in [0.3, 0.4) is 0 Å². The maximum absolute atomic E-state index is 11.6. The minimum absolute atomic E-state index is 0.137. The van der Waals surface area contributed by atoms with Crippen molar-refractivity contribution >= 4 is 22.4 Å². The molecule has 2 aromatic rings. The zero-order valence-corrected chi connectivity index (χ0v) is 13.0. The van der Waals surface area contributed by atoms with E-state index in [0.29, 0.717) is 6.42 Å². The van der Waals surface area contributed by atoms with E-state index in [-0.39, 0.29) is 5.97 Å². The number of anilines is 1. The molecular formula is C18H23NO2. The number of hydrogen-bond acceptors (Lipinski definition) is 3. The first-order valence-electron chi connectivity index (χ1n) is 7.39. The van der Waals surface area contributed by atoms with E-state index >= 15 is 0 Å². The molecule has 3 nitrogen and oxygen atoms in total. The molecule has 0 aliphatic heterocycles. The molecule has 0 unspecified atom stereocenters. The second-order valence-electron chi connectivity index (χ2n) is 6.14. The molecule has 0 saturated carbocycles. The lowest BCUT2D eigenvalue weighted by Gasteiger charge is -2.19. The van der Waals surface area contributed by atoms with Crippen molar-refractivity contribution in [3.05, 3.63) is 42.5 Å². The summed E-state index contributed by atoms with van der Waals surface area (Å²) in [5.41, 5.74) is 0.706. The van der Waals surface area contributed by atoms with Gasteiger partial charge < -0.3 is 10.1 Å². The summed E-state index contributed by atoms with van der Waals surface area (Å²) in [6, 6.07) is 14.5. The highest BCUT2D eigenvalue weighted by molar-refractivity contribution is 5.93. The maximum atomic E-state index is 11.6. The highest BCUT2D eigenvalue weighted by atomic mass is 16.6. The van der Waals surface area contributed by atoms with Gasteiger partial charge in [-0.25, -0.2) is 0 Å². The van der Waals surface area contributed by atoms with Crippen LogP contribution < -0.4 is 5.32 Å². The van der Waals surface area contributed by atoms with Crippen LogP contribution in [0.25, 0.3) is 10.8 Å². The second kappa shape index (κ2) is 6.61. The van der Waals surface area contributed by atoms with Crippen molar-refractivity contribution in [2.75, 3.05) is 11.9 Å². The molecule has 2 rings (SSSR count). The summed E-state index contributed by atoms with van der Waals surface area (Å²) in [5.74, 6) is -0.137. The molecule has 21 heavy (non-hydrogen) atoms. The lowest BCUT2D eigenvalue weighted by Crippen LogP contribution is -2.24. The summed E-state index contributed by atoms with van der Waals surface area (Å²) in [6.45, 7) is 6.42. The largest absolute Gasteiger partial charge is 0.460 e. The molecule has 0 aliphatic carbocycles. The van der Waals surface area contributed by atoms with Crippen molar-refractivity contribution < 1.29 is 9.53 Å². The average molecular weight is 285 g/mol. The molecular weight excluding hydrogens is 262 g/mol. The molecule has 0 aliphatic rings. The van der Waals surface area contributed by atoms with Crippen LogP contribution in [0.4, 0.5) is 5.69 Å². The smallest absolute Gasteiger partial charge is 0.306 e. The Morgan fingerprint density at radius 2 is 1.81 bits per heavy atom. The number of carbonyl (C=O) groups excluding carboxylic acids is 1. The van der Waals surface area contributed by atoms with Crippen LogP contribution in [0.5, 0.6) is 0 Å². The van der Waals surface area contributed by atoms with Crippen LogP contribution >= 0.6 is 0 Å². The van der Waals surface area contributed by atoms with Gasteiger partial charge in [-0.05, 0) is 38.6 Å². The Kier molecular flexibility index (Phi) is 4.84. The van der Waals surface area contributed by atoms with Crippen molar-refractivity contribution in [2.45, 2.75) is 39.2 Å². The zero-order chi connectivity index (χ0) is 15.3. The summed E-state index contributed by atoms with van der Waals surface area (Å²) in [5, 5.41) is 5.82. The number of esters is 1. The van der Waals surface area contributed by atoms with E-state index in [1.807, 2.05) is 39.0 Å². The topological polar surface area (TPSA) is 38.3 Å². The van der Waals surface area contributed by atoms with Gasteiger partial charge in [0.15, 0.2) is 0 Å². The standard InChI is InChI=1S/C18H23NO2/c1-18(2,3)21-17(20)12-7-13-19-16-11-6-9-14-8-4-5-10-15(14)16/h4-6,8-11,19H,7,12-13H2,1-3H3. The molecule has 0 amide bonds. The first kappa shape index (κ1) is 15.4. The average Bonchev–Trinajstić information content (AvgIpc) is 2.42. The van der Waals surface area contributed by atoms with Gasteiger partial charge in [-0.3, -0.25) is 4.79 Å². The van der Waals surface area contributed by atoms with E-state index in [0.717, 1.165) is 18.7 Å². The van der Waals surface area contributed by atoms with Crippen molar-refractivity contribution in [3.63, 3.8) is 0 Å². The molecule has 3 heteroatoms. The van der Waals surface area contributed by atoms with Crippen LogP contribution in [0, 0.1) is 0 Å². The van der Waals surface area contributed by atoms with Crippen molar-refractivity contribution in [3.8, 4) is 0 Å². The van der Waals surface area contributed by atoms with Crippen LogP contribution in [-0.2, 0) is 9.53 Å². The minimum atomic E-state index is -0.403. The molecule has 112 valence electrons. The maximum Gasteiger partial charge on any atom is 0.306 e. The normalized spacial score (nSPS) is 11.4. The Morgan fingerprint density at radius 1 is 1.10 bits per heavy atom. The monoisotopic (exact) mass is 285 g/mol. The van der Waals surface area contributed by atoms with Crippen LogP contribution in [-0.4, -0.2) is 18.1 Å². The SMILES string of the molecule is CC(C)(C)OC(=O)CCCNc1cccc2ccccc12. The van der Waals surface area contributed by atoms with Crippen molar-refractivity contribution in [1.29, 1.82) is 0 Å². The summed E-state index contributed by atoms with van der Waals surface area (Å²) < 4.78 is 5.29. The van der Waals surface area contributed by atoms with Crippen LogP contribution in [0.15, 0.2) is 42.5 Å². The van der Waals surface area contributed by atoms with Gasteiger partial charge in [0, 0.05) is 24.0 Å². The molecule has 0 atom stereocenters. The van der Waals surface area contributed by atoms with Gasteiger partial charge in [-0.2, -0.15) is 0 Å². The molecule has 0 saturated heterocycles. The van der Waals surface area contributed by atoms with Crippen LogP contribution in [0.2, 0.25) is 0 Å². The van der Waals surface area contributed by atoms with E-state index in [1.165, 1.54) is 10.8 Å². The summed E-state index contributed by atoms with van der Waals surface area (Å²) in [6.07, 6.45) is 1.20. The Bertz CT molecular complexity index is 609. The number of fused-ring (bicyclic) bond motifs is 1. The third-order valence-electron chi connectivity index (χ3n) is 3.08. The zero-order valence-electron chi connectivity index (χ0n) is 13.0. The van der Waals surface area contributed by atoms with Crippen molar-refractivity contribution in [1.82, 2.24) is 0 Å². The minimum Gasteiger partial charge on any atom is -0.460 e. The lowest BCUT2D eigenvalue weighted by atomic mass is 10.1. The number of rotatable bonds is 5. The molecule has 0 radical (unpaired) electrons. The fraction of sp³-hybridized carbons (Fsp3) is 0.389. The van der Waals surface area contributed by atoms with Gasteiger partial charge in [0.25, 0.3) is 0 Å². The number of ether oxygens (including phenoxy) is 1. The Balaban J connectivity index is 1.84. The third kappa shape index (κ3) is 4.78.